The van der Waals surface area contributed by atoms with Crippen molar-refractivity contribution in [3.05, 3.63) is 23.3 Å². The van der Waals surface area contributed by atoms with Crippen LogP contribution in [0.15, 0.2) is 6.20 Å². The third-order valence-corrected chi connectivity index (χ3v) is 3.92. The Kier molecular flexibility index (Phi) is 2.64. The van der Waals surface area contributed by atoms with Crippen LogP contribution in [-0.4, -0.2) is 16.6 Å². The molecule has 1 aliphatic heterocycles. The molecule has 0 saturated carbocycles. The van der Waals surface area contributed by atoms with Crippen molar-refractivity contribution in [1.82, 2.24) is 9.97 Å². The minimum Gasteiger partial charge on any atom is -0.367 e. The number of rotatable bonds is 1. The van der Waals surface area contributed by atoms with Gasteiger partial charge in [0.1, 0.15) is 5.60 Å². The van der Waals surface area contributed by atoms with E-state index in [9.17, 15) is 0 Å². The first-order chi connectivity index (χ1) is 8.19. The first-order valence-electron chi connectivity index (χ1n) is 6.45. The molecule has 0 bridgehead atoms. The monoisotopic (exact) mass is 233 g/mol. The first kappa shape index (κ1) is 11.1. The van der Waals surface area contributed by atoms with Gasteiger partial charge in [0.15, 0.2) is 5.82 Å². The first-order valence-corrected chi connectivity index (χ1v) is 6.45. The van der Waals surface area contributed by atoms with Gasteiger partial charge in [0.05, 0.1) is 0 Å². The Labute approximate surface area is 102 Å². The van der Waals surface area contributed by atoms with Crippen molar-refractivity contribution in [2.24, 2.45) is 5.73 Å². The maximum atomic E-state index is 6.07. The number of nitrogens with zero attached hydrogens (tertiary/aromatic N) is 2. The van der Waals surface area contributed by atoms with Gasteiger partial charge in [-0.05, 0) is 39.0 Å². The maximum Gasteiger partial charge on any atom is 0.160 e. The third kappa shape index (κ3) is 1.85. The molecule has 1 aromatic rings. The third-order valence-electron chi connectivity index (χ3n) is 3.92. The zero-order valence-electron chi connectivity index (χ0n) is 10.3. The predicted molar refractivity (Wildman–Crippen MR) is 64.4 cm³/mol. The SMILES string of the molecule is CC1(c2ncc3c(n2)CCCC3N)CCCO1. The maximum absolute atomic E-state index is 6.07. The fourth-order valence-electron chi connectivity index (χ4n) is 2.79. The highest BCUT2D eigenvalue weighted by molar-refractivity contribution is 5.25. The molecule has 2 heterocycles. The summed E-state index contributed by atoms with van der Waals surface area (Å²) in [7, 11) is 0. The smallest absolute Gasteiger partial charge is 0.160 e. The molecule has 2 unspecified atom stereocenters. The second-order valence-corrected chi connectivity index (χ2v) is 5.28. The summed E-state index contributed by atoms with van der Waals surface area (Å²) in [6.45, 7) is 2.90. The van der Waals surface area contributed by atoms with Gasteiger partial charge in [0.2, 0.25) is 0 Å². The van der Waals surface area contributed by atoms with Crippen molar-refractivity contribution < 1.29 is 4.74 Å². The second kappa shape index (κ2) is 4.03. The summed E-state index contributed by atoms with van der Waals surface area (Å²) in [4.78, 5) is 9.18. The molecule has 3 rings (SSSR count). The van der Waals surface area contributed by atoms with Crippen molar-refractivity contribution in [3.8, 4) is 0 Å². The molecular formula is C13H19N3O. The highest BCUT2D eigenvalue weighted by Gasteiger charge is 2.35. The Morgan fingerprint density at radius 2 is 2.35 bits per heavy atom. The minimum atomic E-state index is -0.281. The van der Waals surface area contributed by atoms with E-state index < -0.39 is 0 Å². The van der Waals surface area contributed by atoms with E-state index in [2.05, 4.69) is 11.9 Å². The molecule has 2 atom stereocenters. The molecule has 4 heteroatoms. The molecule has 4 nitrogen and oxygen atoms in total. The molecule has 2 N–H and O–H groups in total. The number of hydrogen-bond acceptors (Lipinski definition) is 4. The van der Waals surface area contributed by atoms with Gasteiger partial charge in [-0.15, -0.1) is 0 Å². The average molecular weight is 233 g/mol. The van der Waals surface area contributed by atoms with Crippen LogP contribution in [0.3, 0.4) is 0 Å². The molecule has 0 spiro atoms. The summed E-state index contributed by atoms with van der Waals surface area (Å²) in [6, 6.07) is 0.116. The van der Waals surface area contributed by atoms with Crippen molar-refractivity contribution >= 4 is 0 Å². The van der Waals surface area contributed by atoms with E-state index in [4.69, 9.17) is 15.5 Å². The average Bonchev–Trinajstić information content (AvgIpc) is 2.77. The van der Waals surface area contributed by atoms with Gasteiger partial charge in [-0.1, -0.05) is 0 Å². The lowest BCUT2D eigenvalue weighted by molar-refractivity contribution is 0.00904. The molecule has 92 valence electrons. The van der Waals surface area contributed by atoms with Gasteiger partial charge in [-0.2, -0.15) is 0 Å². The van der Waals surface area contributed by atoms with E-state index in [0.29, 0.717) is 0 Å². The Balaban J connectivity index is 1.98. The van der Waals surface area contributed by atoms with Crippen LogP contribution >= 0.6 is 0 Å². The molecule has 1 aliphatic carbocycles. The van der Waals surface area contributed by atoms with E-state index in [-0.39, 0.29) is 11.6 Å². The summed E-state index contributed by atoms with van der Waals surface area (Å²) in [5, 5.41) is 0. The predicted octanol–water partition coefficient (Wildman–Crippen LogP) is 1.84. The van der Waals surface area contributed by atoms with Crippen LogP contribution in [0.5, 0.6) is 0 Å². The van der Waals surface area contributed by atoms with Gasteiger partial charge in [-0.25, -0.2) is 9.97 Å². The molecule has 1 aromatic heterocycles. The topological polar surface area (TPSA) is 61.0 Å². The Bertz CT molecular complexity index is 427. The molecule has 17 heavy (non-hydrogen) atoms. The molecule has 2 aliphatic rings. The van der Waals surface area contributed by atoms with Crippen LogP contribution in [0, 0.1) is 0 Å². The number of aryl methyl sites for hydroxylation is 1. The molecule has 0 amide bonds. The van der Waals surface area contributed by atoms with Crippen molar-refractivity contribution in [2.75, 3.05) is 6.61 Å². The van der Waals surface area contributed by atoms with E-state index in [1.54, 1.807) is 0 Å². The zero-order valence-corrected chi connectivity index (χ0v) is 10.3. The lowest BCUT2D eigenvalue weighted by Crippen LogP contribution is -2.26. The van der Waals surface area contributed by atoms with Crippen LogP contribution in [0.1, 0.15) is 55.7 Å². The fraction of sp³-hybridized carbons (Fsp3) is 0.692. The minimum absolute atomic E-state index is 0.116. The van der Waals surface area contributed by atoms with E-state index in [1.807, 2.05) is 6.20 Å². The fourth-order valence-corrected chi connectivity index (χ4v) is 2.79. The Morgan fingerprint density at radius 3 is 3.12 bits per heavy atom. The van der Waals surface area contributed by atoms with Crippen LogP contribution in [0.4, 0.5) is 0 Å². The van der Waals surface area contributed by atoms with E-state index in [0.717, 1.165) is 55.8 Å². The van der Waals surface area contributed by atoms with Gasteiger partial charge >= 0.3 is 0 Å². The standard InChI is InChI=1S/C13H19N3O/c1-13(6-3-7-17-13)12-15-8-9-10(14)4-2-5-11(9)16-12/h8,10H,2-7,14H2,1H3. The number of aromatic nitrogens is 2. The van der Waals surface area contributed by atoms with Crippen molar-refractivity contribution in [3.63, 3.8) is 0 Å². The lowest BCUT2D eigenvalue weighted by Gasteiger charge is -2.25. The van der Waals surface area contributed by atoms with E-state index >= 15 is 0 Å². The summed E-state index contributed by atoms with van der Waals surface area (Å²) in [5.74, 6) is 0.836. The van der Waals surface area contributed by atoms with Crippen LogP contribution in [0.25, 0.3) is 0 Å². The number of ether oxygens (including phenoxy) is 1. The molecular weight excluding hydrogens is 214 g/mol. The molecule has 0 aromatic carbocycles. The molecule has 1 fully saturated rings. The second-order valence-electron chi connectivity index (χ2n) is 5.28. The highest BCUT2D eigenvalue weighted by Crippen LogP contribution is 2.35. The van der Waals surface area contributed by atoms with Crippen LogP contribution in [-0.2, 0) is 16.8 Å². The number of nitrogens with two attached hydrogens (primary N) is 1. The zero-order chi connectivity index (χ0) is 11.9. The van der Waals surface area contributed by atoms with E-state index in [1.165, 1.54) is 0 Å². The van der Waals surface area contributed by atoms with Gasteiger partial charge in [-0.3, -0.25) is 0 Å². The Morgan fingerprint density at radius 1 is 1.47 bits per heavy atom. The van der Waals surface area contributed by atoms with Gasteiger partial charge in [0, 0.05) is 30.1 Å². The summed E-state index contributed by atoms with van der Waals surface area (Å²) >= 11 is 0. The van der Waals surface area contributed by atoms with Crippen molar-refractivity contribution in [2.45, 2.75) is 50.7 Å². The lowest BCUT2D eigenvalue weighted by atomic mass is 9.92. The summed E-state index contributed by atoms with van der Waals surface area (Å²) < 4.78 is 5.79. The van der Waals surface area contributed by atoms with Crippen molar-refractivity contribution in [1.29, 1.82) is 0 Å². The van der Waals surface area contributed by atoms with Gasteiger partial charge < -0.3 is 10.5 Å². The quantitative estimate of drug-likeness (QED) is 0.804. The number of hydrogen-bond donors (Lipinski definition) is 1. The Hall–Kier alpha value is -1.00. The normalized spacial score (nSPS) is 32.5. The summed E-state index contributed by atoms with van der Waals surface area (Å²) in [5.41, 5.74) is 8.05. The van der Waals surface area contributed by atoms with Gasteiger partial charge in [0.25, 0.3) is 0 Å². The molecule has 1 saturated heterocycles. The van der Waals surface area contributed by atoms with Crippen LogP contribution < -0.4 is 5.73 Å². The largest absolute Gasteiger partial charge is 0.367 e. The number of fused-ring (bicyclic) bond motifs is 1. The molecule has 0 radical (unpaired) electrons. The van der Waals surface area contributed by atoms with Crippen LogP contribution in [0.2, 0.25) is 0 Å². The highest BCUT2D eigenvalue weighted by atomic mass is 16.5. The summed E-state index contributed by atoms with van der Waals surface area (Å²) in [6.07, 6.45) is 7.21.